The second-order valence-electron chi connectivity index (χ2n) is 5.06. The lowest BCUT2D eigenvalue weighted by atomic mass is 10.3. The summed E-state index contributed by atoms with van der Waals surface area (Å²) in [5.41, 5.74) is 0. The van der Waals surface area contributed by atoms with E-state index in [0.29, 0.717) is 6.10 Å². The number of ether oxygens (including phenoxy) is 1. The van der Waals surface area contributed by atoms with Gasteiger partial charge in [-0.25, -0.2) is 0 Å². The fourth-order valence-electron chi connectivity index (χ4n) is 2.02. The average Bonchev–Trinajstić information content (AvgIpc) is 2.94. The van der Waals surface area contributed by atoms with E-state index in [1.807, 2.05) is 0 Å². The molecule has 0 bridgehead atoms. The topological polar surface area (TPSA) is 15.8 Å². The van der Waals surface area contributed by atoms with Crippen molar-refractivity contribution in [1.82, 2.24) is 4.90 Å². The van der Waals surface area contributed by atoms with Crippen molar-refractivity contribution in [2.75, 3.05) is 26.2 Å². The van der Waals surface area contributed by atoms with Crippen LogP contribution in [0.2, 0.25) is 0 Å². The van der Waals surface area contributed by atoms with Crippen LogP contribution < -0.4 is 0 Å². The zero-order chi connectivity index (χ0) is 8.67. The van der Waals surface area contributed by atoms with Gasteiger partial charge >= 0.3 is 0 Å². The second-order valence-corrected chi connectivity index (χ2v) is 5.06. The first kappa shape index (κ1) is 8.25. The van der Waals surface area contributed by atoms with Crippen LogP contribution in [-0.4, -0.2) is 37.2 Å². The predicted octanol–water partition coefficient (Wildman–Crippen LogP) is 1.51. The quantitative estimate of drug-likeness (QED) is 0.577. The molecule has 0 aromatic heterocycles. The van der Waals surface area contributed by atoms with E-state index >= 15 is 0 Å². The molecule has 1 heterocycles. The Morgan fingerprint density at radius 1 is 0.923 bits per heavy atom. The molecule has 1 saturated heterocycles. The molecule has 2 heteroatoms. The second kappa shape index (κ2) is 3.25. The molecular formula is C11H19NO. The van der Waals surface area contributed by atoms with Crippen LogP contribution in [0, 0.1) is 11.8 Å². The summed E-state index contributed by atoms with van der Waals surface area (Å²) >= 11 is 0. The third-order valence-corrected chi connectivity index (χ3v) is 3.29. The Morgan fingerprint density at radius 3 is 1.85 bits per heavy atom. The highest BCUT2D eigenvalue weighted by atomic mass is 16.6. The van der Waals surface area contributed by atoms with Crippen LogP contribution >= 0.6 is 0 Å². The van der Waals surface area contributed by atoms with Crippen LogP contribution in [0.25, 0.3) is 0 Å². The summed E-state index contributed by atoms with van der Waals surface area (Å²) in [7, 11) is 0. The van der Waals surface area contributed by atoms with Gasteiger partial charge in [-0.15, -0.1) is 0 Å². The third-order valence-electron chi connectivity index (χ3n) is 3.29. The Kier molecular flexibility index (Phi) is 2.06. The van der Waals surface area contributed by atoms with Gasteiger partial charge in [0.05, 0.1) is 12.7 Å². The molecule has 74 valence electrons. The lowest BCUT2D eigenvalue weighted by molar-refractivity contribution is 0.225. The lowest BCUT2D eigenvalue weighted by Gasteiger charge is -2.20. The van der Waals surface area contributed by atoms with E-state index in [9.17, 15) is 0 Å². The van der Waals surface area contributed by atoms with Gasteiger partial charge < -0.3 is 9.64 Å². The molecule has 0 radical (unpaired) electrons. The maximum Gasteiger partial charge on any atom is 0.0936 e. The highest BCUT2D eigenvalue weighted by molar-refractivity contribution is 4.85. The molecule has 3 rings (SSSR count). The normalized spacial score (nSPS) is 32.5. The Morgan fingerprint density at radius 2 is 1.46 bits per heavy atom. The van der Waals surface area contributed by atoms with Crippen LogP contribution in [0.15, 0.2) is 0 Å². The highest BCUT2D eigenvalue weighted by Gasteiger charge is 2.32. The lowest BCUT2D eigenvalue weighted by Crippen LogP contribution is -2.31. The molecule has 2 aliphatic carbocycles. The van der Waals surface area contributed by atoms with E-state index in [1.54, 1.807) is 0 Å². The maximum atomic E-state index is 5.30. The van der Waals surface area contributed by atoms with Crippen molar-refractivity contribution < 1.29 is 4.74 Å². The largest absolute Gasteiger partial charge is 0.372 e. The minimum absolute atomic E-state index is 0.595. The molecule has 2 nitrogen and oxygen atoms in total. The van der Waals surface area contributed by atoms with Gasteiger partial charge in [0, 0.05) is 19.6 Å². The molecule has 3 aliphatic rings. The van der Waals surface area contributed by atoms with E-state index in [-0.39, 0.29) is 0 Å². The standard InChI is InChI=1S/C11H19NO/c1-2-9(1)5-12(6-10-3-4-10)7-11-8-13-11/h9-11H,1-8H2. The van der Waals surface area contributed by atoms with Gasteiger partial charge in [0.2, 0.25) is 0 Å². The molecule has 0 N–H and O–H groups in total. The molecular weight excluding hydrogens is 162 g/mol. The van der Waals surface area contributed by atoms with Crippen LogP contribution in [-0.2, 0) is 4.74 Å². The molecule has 0 aromatic carbocycles. The first-order valence-corrected chi connectivity index (χ1v) is 5.74. The minimum atomic E-state index is 0.595. The van der Waals surface area contributed by atoms with E-state index in [2.05, 4.69) is 4.90 Å². The van der Waals surface area contributed by atoms with Gasteiger partial charge in [-0.3, -0.25) is 0 Å². The number of nitrogens with zero attached hydrogens (tertiary/aromatic N) is 1. The molecule has 1 atom stereocenters. The molecule has 1 unspecified atom stereocenters. The first-order valence-electron chi connectivity index (χ1n) is 5.74. The summed E-state index contributed by atoms with van der Waals surface area (Å²) in [6.45, 7) is 4.95. The molecule has 0 spiro atoms. The molecule has 13 heavy (non-hydrogen) atoms. The number of hydrogen-bond donors (Lipinski definition) is 0. The number of epoxide rings is 1. The molecule has 2 saturated carbocycles. The predicted molar refractivity (Wildman–Crippen MR) is 51.6 cm³/mol. The van der Waals surface area contributed by atoms with E-state index < -0.39 is 0 Å². The van der Waals surface area contributed by atoms with Gasteiger partial charge in [-0.1, -0.05) is 0 Å². The van der Waals surface area contributed by atoms with Crippen molar-refractivity contribution in [3.05, 3.63) is 0 Å². The van der Waals surface area contributed by atoms with Crippen molar-refractivity contribution >= 4 is 0 Å². The van der Waals surface area contributed by atoms with Gasteiger partial charge in [-0.05, 0) is 37.5 Å². The van der Waals surface area contributed by atoms with Gasteiger partial charge in [-0.2, -0.15) is 0 Å². The van der Waals surface area contributed by atoms with Crippen molar-refractivity contribution in [3.63, 3.8) is 0 Å². The SMILES string of the molecule is C1CC1CN(CC1CC1)CC1CO1. The summed E-state index contributed by atoms with van der Waals surface area (Å²) < 4.78 is 5.30. The number of rotatable bonds is 6. The summed E-state index contributed by atoms with van der Waals surface area (Å²) in [5, 5.41) is 0. The van der Waals surface area contributed by atoms with Crippen LogP contribution in [0.5, 0.6) is 0 Å². The molecule has 3 fully saturated rings. The summed E-state index contributed by atoms with van der Waals surface area (Å²) in [6.07, 6.45) is 6.51. The van der Waals surface area contributed by atoms with Crippen LogP contribution in [0.3, 0.4) is 0 Å². The van der Waals surface area contributed by atoms with Crippen LogP contribution in [0.4, 0.5) is 0 Å². The first-order chi connectivity index (χ1) is 6.40. The monoisotopic (exact) mass is 181 g/mol. The van der Waals surface area contributed by atoms with E-state index in [0.717, 1.165) is 18.4 Å². The van der Waals surface area contributed by atoms with Crippen LogP contribution in [0.1, 0.15) is 25.7 Å². The minimum Gasteiger partial charge on any atom is -0.372 e. The van der Waals surface area contributed by atoms with Gasteiger partial charge in [0.1, 0.15) is 0 Å². The fourth-order valence-corrected chi connectivity index (χ4v) is 2.02. The van der Waals surface area contributed by atoms with Crippen molar-refractivity contribution in [2.45, 2.75) is 31.8 Å². The summed E-state index contributed by atoms with van der Waals surface area (Å²) in [6, 6.07) is 0. The van der Waals surface area contributed by atoms with Crippen molar-refractivity contribution in [2.24, 2.45) is 11.8 Å². The maximum absolute atomic E-state index is 5.30. The van der Waals surface area contributed by atoms with Gasteiger partial charge in [0.25, 0.3) is 0 Å². The summed E-state index contributed by atoms with van der Waals surface area (Å²) in [4.78, 5) is 2.66. The Hall–Kier alpha value is -0.0800. The zero-order valence-corrected chi connectivity index (χ0v) is 8.24. The zero-order valence-electron chi connectivity index (χ0n) is 8.24. The Balaban J connectivity index is 1.45. The fraction of sp³-hybridized carbons (Fsp3) is 1.00. The molecule has 1 aliphatic heterocycles. The molecule has 0 amide bonds. The van der Waals surface area contributed by atoms with Crippen molar-refractivity contribution in [3.8, 4) is 0 Å². The Labute approximate surface area is 80.2 Å². The smallest absolute Gasteiger partial charge is 0.0936 e. The highest BCUT2D eigenvalue weighted by Crippen LogP contribution is 2.34. The molecule has 0 aromatic rings. The van der Waals surface area contributed by atoms with E-state index in [4.69, 9.17) is 4.74 Å². The third kappa shape index (κ3) is 2.68. The van der Waals surface area contributed by atoms with Gasteiger partial charge in [0.15, 0.2) is 0 Å². The average molecular weight is 181 g/mol. The summed E-state index contributed by atoms with van der Waals surface area (Å²) in [5.74, 6) is 2.08. The van der Waals surface area contributed by atoms with Crippen molar-refractivity contribution in [1.29, 1.82) is 0 Å². The number of hydrogen-bond acceptors (Lipinski definition) is 2. The Bertz CT molecular complexity index is 149. The van der Waals surface area contributed by atoms with E-state index in [1.165, 1.54) is 45.3 Å².